The summed E-state index contributed by atoms with van der Waals surface area (Å²) in [7, 11) is 0. The van der Waals surface area contributed by atoms with E-state index in [0.29, 0.717) is 42.0 Å². The van der Waals surface area contributed by atoms with Crippen LogP contribution in [0.5, 0.6) is 11.5 Å². The van der Waals surface area contributed by atoms with Crippen molar-refractivity contribution in [3.63, 3.8) is 0 Å². The van der Waals surface area contributed by atoms with Gasteiger partial charge in [0.15, 0.2) is 11.5 Å². The van der Waals surface area contributed by atoms with Crippen molar-refractivity contribution in [3.8, 4) is 22.8 Å². The predicted octanol–water partition coefficient (Wildman–Crippen LogP) is 1.16. The molecule has 0 amide bonds. The Bertz CT molecular complexity index is 897. The van der Waals surface area contributed by atoms with Gasteiger partial charge in [0.2, 0.25) is 5.78 Å². The summed E-state index contributed by atoms with van der Waals surface area (Å²) in [6.45, 7) is 2.81. The number of nitrogens with zero attached hydrogens (tertiary/aromatic N) is 3. The van der Waals surface area contributed by atoms with Crippen LogP contribution in [0.1, 0.15) is 5.82 Å². The fraction of sp³-hybridized carbons (Fsp3) is 0.214. The maximum absolute atomic E-state index is 12.1. The van der Waals surface area contributed by atoms with Gasteiger partial charge in [0.25, 0.3) is 5.56 Å². The number of aromatic nitrogens is 4. The van der Waals surface area contributed by atoms with Crippen LogP contribution in [0.2, 0.25) is 0 Å². The Morgan fingerprint density at radius 1 is 1.19 bits per heavy atom. The van der Waals surface area contributed by atoms with Gasteiger partial charge in [-0.05, 0) is 25.1 Å². The molecule has 0 atom stereocenters. The topological polar surface area (TPSA) is 81.5 Å². The van der Waals surface area contributed by atoms with Gasteiger partial charge in [0, 0.05) is 11.6 Å². The van der Waals surface area contributed by atoms with Crippen molar-refractivity contribution in [2.45, 2.75) is 6.92 Å². The van der Waals surface area contributed by atoms with Crippen molar-refractivity contribution in [2.24, 2.45) is 0 Å². The van der Waals surface area contributed by atoms with Crippen LogP contribution < -0.4 is 15.0 Å². The number of aryl methyl sites for hydroxylation is 1. The molecule has 4 rings (SSSR count). The van der Waals surface area contributed by atoms with Crippen LogP contribution in [0.3, 0.4) is 0 Å². The number of benzene rings is 1. The molecular formula is C14H12N4O3. The highest BCUT2D eigenvalue weighted by Crippen LogP contribution is 2.33. The molecule has 0 aliphatic carbocycles. The van der Waals surface area contributed by atoms with E-state index in [2.05, 4.69) is 15.1 Å². The van der Waals surface area contributed by atoms with E-state index in [1.807, 2.05) is 18.2 Å². The molecule has 0 saturated heterocycles. The molecule has 3 heterocycles. The zero-order valence-electron chi connectivity index (χ0n) is 11.3. The van der Waals surface area contributed by atoms with E-state index in [0.717, 1.165) is 5.56 Å². The normalized spacial score (nSPS) is 13.6. The second kappa shape index (κ2) is 4.34. The Hall–Kier alpha value is -2.83. The van der Waals surface area contributed by atoms with Crippen molar-refractivity contribution in [1.82, 2.24) is 19.6 Å². The molecule has 7 nitrogen and oxygen atoms in total. The largest absolute Gasteiger partial charge is 0.486 e. The minimum atomic E-state index is -0.228. The number of H-pyrrole nitrogens is 1. The monoisotopic (exact) mass is 284 g/mol. The Morgan fingerprint density at radius 2 is 2.00 bits per heavy atom. The molecule has 1 aromatic carbocycles. The molecule has 3 aromatic rings. The van der Waals surface area contributed by atoms with Gasteiger partial charge in [-0.2, -0.15) is 9.50 Å². The number of ether oxygens (including phenoxy) is 2. The minimum absolute atomic E-state index is 0.228. The van der Waals surface area contributed by atoms with Crippen LogP contribution in [0.15, 0.2) is 29.1 Å². The summed E-state index contributed by atoms with van der Waals surface area (Å²) in [6, 6.07) is 7.05. The van der Waals surface area contributed by atoms with Gasteiger partial charge in [-0.3, -0.25) is 4.79 Å². The molecular weight excluding hydrogens is 272 g/mol. The minimum Gasteiger partial charge on any atom is -0.486 e. The van der Waals surface area contributed by atoms with E-state index in [1.165, 1.54) is 10.6 Å². The van der Waals surface area contributed by atoms with E-state index >= 15 is 0 Å². The number of nitrogens with one attached hydrogen (secondary N) is 1. The third kappa shape index (κ3) is 1.94. The fourth-order valence-electron chi connectivity index (χ4n) is 2.36. The van der Waals surface area contributed by atoms with Crippen LogP contribution in [0.25, 0.3) is 17.0 Å². The van der Waals surface area contributed by atoms with Gasteiger partial charge >= 0.3 is 0 Å². The lowest BCUT2D eigenvalue weighted by Crippen LogP contribution is -2.16. The Balaban J connectivity index is 1.88. The standard InChI is InChI=1S/C14H12N4O3/c1-8-15-14-16-10(7-13(19)18(14)17-8)9-2-3-11-12(6-9)21-5-4-20-11/h2-3,6-7H,4-5H2,1H3,(H,15,16,17). The maximum atomic E-state index is 12.1. The van der Waals surface area contributed by atoms with Crippen LogP contribution in [-0.4, -0.2) is 32.8 Å². The Labute approximate surface area is 119 Å². The average molecular weight is 284 g/mol. The predicted molar refractivity (Wildman–Crippen MR) is 74.8 cm³/mol. The molecule has 1 N–H and O–H groups in total. The molecule has 0 unspecified atom stereocenters. The highest BCUT2D eigenvalue weighted by Gasteiger charge is 2.14. The summed E-state index contributed by atoms with van der Waals surface area (Å²) in [6.07, 6.45) is 0. The van der Waals surface area contributed by atoms with Crippen molar-refractivity contribution >= 4 is 5.78 Å². The number of hydrogen-bond donors (Lipinski definition) is 1. The van der Waals surface area contributed by atoms with Crippen LogP contribution in [0.4, 0.5) is 0 Å². The summed E-state index contributed by atoms with van der Waals surface area (Å²) in [5, 5.41) is 4.03. The molecule has 7 heteroatoms. The molecule has 0 saturated carbocycles. The second-order valence-corrected chi connectivity index (χ2v) is 4.77. The van der Waals surface area contributed by atoms with Gasteiger partial charge in [-0.1, -0.05) is 0 Å². The van der Waals surface area contributed by atoms with Gasteiger partial charge in [-0.15, -0.1) is 5.10 Å². The molecule has 0 bridgehead atoms. The Kier molecular flexibility index (Phi) is 2.47. The molecule has 0 spiro atoms. The smallest absolute Gasteiger partial charge is 0.276 e. The molecule has 21 heavy (non-hydrogen) atoms. The molecule has 0 radical (unpaired) electrons. The summed E-state index contributed by atoms with van der Waals surface area (Å²) in [5.41, 5.74) is 1.27. The highest BCUT2D eigenvalue weighted by molar-refractivity contribution is 5.65. The number of rotatable bonds is 1. The lowest BCUT2D eigenvalue weighted by atomic mass is 10.1. The lowest BCUT2D eigenvalue weighted by Gasteiger charge is -2.18. The second-order valence-electron chi connectivity index (χ2n) is 4.77. The molecule has 2 aromatic heterocycles. The zero-order valence-corrected chi connectivity index (χ0v) is 11.3. The quantitative estimate of drug-likeness (QED) is 0.725. The third-order valence-electron chi connectivity index (χ3n) is 3.29. The van der Waals surface area contributed by atoms with E-state index in [4.69, 9.17) is 9.47 Å². The summed E-state index contributed by atoms with van der Waals surface area (Å²) >= 11 is 0. The first-order valence-electron chi connectivity index (χ1n) is 6.57. The van der Waals surface area contributed by atoms with Crippen LogP contribution in [0, 0.1) is 6.92 Å². The summed E-state index contributed by atoms with van der Waals surface area (Å²) in [4.78, 5) is 19.4. The third-order valence-corrected chi connectivity index (χ3v) is 3.29. The fourth-order valence-corrected chi connectivity index (χ4v) is 2.36. The zero-order chi connectivity index (χ0) is 14.4. The maximum Gasteiger partial charge on any atom is 0.276 e. The average Bonchev–Trinajstić information content (AvgIpc) is 2.88. The van der Waals surface area contributed by atoms with Crippen molar-refractivity contribution in [1.29, 1.82) is 0 Å². The first-order chi connectivity index (χ1) is 10.2. The first kappa shape index (κ1) is 12.0. The van der Waals surface area contributed by atoms with Gasteiger partial charge in [-0.25, -0.2) is 0 Å². The highest BCUT2D eigenvalue weighted by atomic mass is 16.6. The number of aromatic amines is 1. The lowest BCUT2D eigenvalue weighted by molar-refractivity contribution is 0.171. The molecule has 0 fully saturated rings. The molecule has 1 aliphatic heterocycles. The van der Waals surface area contributed by atoms with E-state index < -0.39 is 0 Å². The van der Waals surface area contributed by atoms with E-state index in [9.17, 15) is 4.79 Å². The van der Waals surface area contributed by atoms with E-state index in [1.54, 1.807) is 6.92 Å². The molecule has 106 valence electrons. The van der Waals surface area contributed by atoms with Crippen LogP contribution in [-0.2, 0) is 0 Å². The van der Waals surface area contributed by atoms with Crippen LogP contribution >= 0.6 is 0 Å². The van der Waals surface area contributed by atoms with Gasteiger partial charge in [0.05, 0.1) is 5.69 Å². The van der Waals surface area contributed by atoms with Crippen molar-refractivity contribution in [3.05, 3.63) is 40.4 Å². The van der Waals surface area contributed by atoms with E-state index in [-0.39, 0.29) is 5.56 Å². The Morgan fingerprint density at radius 3 is 2.86 bits per heavy atom. The van der Waals surface area contributed by atoms with Gasteiger partial charge < -0.3 is 14.5 Å². The number of hydrogen-bond acceptors (Lipinski definition) is 5. The SMILES string of the molecule is Cc1nc2[nH]c(-c3ccc4c(c3)OCCO4)cc(=O)n2n1. The summed E-state index contributed by atoms with van der Waals surface area (Å²) in [5.74, 6) is 2.36. The van der Waals surface area contributed by atoms with Crippen molar-refractivity contribution in [2.75, 3.05) is 13.2 Å². The van der Waals surface area contributed by atoms with Crippen molar-refractivity contribution < 1.29 is 9.47 Å². The molecule has 1 aliphatic rings. The first-order valence-corrected chi connectivity index (χ1v) is 6.57. The summed E-state index contributed by atoms with van der Waals surface area (Å²) < 4.78 is 12.3. The number of fused-ring (bicyclic) bond motifs is 2. The van der Waals surface area contributed by atoms with Gasteiger partial charge in [0.1, 0.15) is 19.0 Å².